The lowest BCUT2D eigenvalue weighted by Crippen LogP contribution is -2.38. The highest BCUT2D eigenvalue weighted by Gasteiger charge is 2.28. The van der Waals surface area contributed by atoms with Gasteiger partial charge >= 0.3 is 7.80 Å². The highest BCUT2D eigenvalue weighted by Crippen LogP contribution is 2.20. The molecule has 0 aromatic heterocycles. The zero-order valence-corrected chi connectivity index (χ0v) is 13.8. The molecule has 0 spiro atoms. The van der Waals surface area contributed by atoms with Crippen LogP contribution in [-0.4, -0.2) is 30.1 Å². The predicted molar refractivity (Wildman–Crippen MR) is 84.8 cm³/mol. The standard InChI is InChI=1S/C16H25NO2P/c1-13(2)10-17(11-14(3)4)16(18)12-20(19)15-8-6-5-7-9-15/h5-9,13-14H,10-12H2,1-4H3/q+1. The minimum absolute atomic E-state index is 0.00244. The third-order valence-electron chi connectivity index (χ3n) is 2.85. The molecule has 1 atom stereocenters. The summed E-state index contributed by atoms with van der Waals surface area (Å²) in [6.45, 7) is 9.84. The van der Waals surface area contributed by atoms with E-state index < -0.39 is 7.80 Å². The largest absolute Gasteiger partial charge is 0.386 e. The van der Waals surface area contributed by atoms with E-state index in [2.05, 4.69) is 27.7 Å². The maximum Gasteiger partial charge on any atom is 0.386 e. The fraction of sp³-hybridized carbons (Fsp3) is 0.562. The molecule has 0 radical (unpaired) electrons. The number of carbonyl (C=O) groups is 1. The fourth-order valence-corrected chi connectivity index (χ4v) is 3.20. The fourth-order valence-electron chi connectivity index (χ4n) is 2.07. The van der Waals surface area contributed by atoms with Crippen molar-refractivity contribution >= 4 is 19.0 Å². The first-order valence-corrected chi connectivity index (χ1v) is 8.62. The number of rotatable bonds is 7. The molecule has 0 bridgehead atoms. The van der Waals surface area contributed by atoms with Crippen molar-refractivity contribution in [1.29, 1.82) is 0 Å². The number of nitrogens with zero attached hydrogens (tertiary/aromatic N) is 1. The minimum Gasteiger partial charge on any atom is -0.338 e. The van der Waals surface area contributed by atoms with E-state index in [9.17, 15) is 9.36 Å². The zero-order chi connectivity index (χ0) is 15.1. The topological polar surface area (TPSA) is 37.4 Å². The van der Waals surface area contributed by atoms with Gasteiger partial charge in [0.05, 0.1) is 0 Å². The van der Waals surface area contributed by atoms with E-state index in [4.69, 9.17) is 0 Å². The molecule has 1 aromatic carbocycles. The van der Waals surface area contributed by atoms with Crippen molar-refractivity contribution in [2.24, 2.45) is 11.8 Å². The van der Waals surface area contributed by atoms with Crippen LogP contribution in [0.5, 0.6) is 0 Å². The lowest BCUT2D eigenvalue weighted by molar-refractivity contribution is -0.129. The van der Waals surface area contributed by atoms with Gasteiger partial charge in [0.2, 0.25) is 6.16 Å². The molecule has 0 aliphatic rings. The molecule has 20 heavy (non-hydrogen) atoms. The Bertz CT molecular complexity index is 433. The molecule has 0 aliphatic heterocycles. The van der Waals surface area contributed by atoms with Gasteiger partial charge in [0.25, 0.3) is 5.91 Å². The number of carbonyl (C=O) groups excluding carboxylic acids is 1. The van der Waals surface area contributed by atoms with Crippen LogP contribution in [0, 0.1) is 11.8 Å². The number of amides is 1. The Kier molecular flexibility index (Phi) is 6.87. The molecule has 0 aliphatic carbocycles. The molecule has 0 N–H and O–H groups in total. The molecule has 0 saturated heterocycles. The predicted octanol–water partition coefficient (Wildman–Crippen LogP) is 3.28. The van der Waals surface area contributed by atoms with E-state index in [-0.39, 0.29) is 12.1 Å². The van der Waals surface area contributed by atoms with Gasteiger partial charge in [-0.05, 0) is 24.0 Å². The average molecular weight is 294 g/mol. The first kappa shape index (κ1) is 16.8. The van der Waals surface area contributed by atoms with Gasteiger partial charge in [0.15, 0.2) is 5.30 Å². The number of benzene rings is 1. The van der Waals surface area contributed by atoms with E-state index in [0.29, 0.717) is 11.8 Å². The van der Waals surface area contributed by atoms with Crippen LogP contribution in [0.25, 0.3) is 0 Å². The van der Waals surface area contributed by atoms with E-state index in [0.717, 1.165) is 18.4 Å². The third-order valence-corrected chi connectivity index (χ3v) is 4.28. The second kappa shape index (κ2) is 8.16. The van der Waals surface area contributed by atoms with Gasteiger partial charge in [0, 0.05) is 13.1 Å². The van der Waals surface area contributed by atoms with Crippen molar-refractivity contribution < 1.29 is 9.36 Å². The Morgan fingerprint density at radius 2 is 1.55 bits per heavy atom. The van der Waals surface area contributed by atoms with Gasteiger partial charge in [-0.2, -0.15) is 0 Å². The summed E-state index contributed by atoms with van der Waals surface area (Å²) in [5.41, 5.74) is 0. The Labute approximate surface area is 123 Å². The van der Waals surface area contributed by atoms with Crippen molar-refractivity contribution in [2.75, 3.05) is 19.3 Å². The van der Waals surface area contributed by atoms with Crippen molar-refractivity contribution in [2.45, 2.75) is 27.7 Å². The van der Waals surface area contributed by atoms with Crippen LogP contribution < -0.4 is 5.30 Å². The van der Waals surface area contributed by atoms with Crippen LogP contribution in [0.1, 0.15) is 27.7 Å². The molecular weight excluding hydrogens is 269 g/mol. The van der Waals surface area contributed by atoms with Crippen molar-refractivity contribution in [3.8, 4) is 0 Å². The van der Waals surface area contributed by atoms with Crippen molar-refractivity contribution in [3.05, 3.63) is 30.3 Å². The van der Waals surface area contributed by atoms with Crippen molar-refractivity contribution in [1.82, 2.24) is 4.90 Å². The maximum absolute atomic E-state index is 12.3. The lowest BCUT2D eigenvalue weighted by Gasteiger charge is -2.24. The lowest BCUT2D eigenvalue weighted by atomic mass is 10.1. The highest BCUT2D eigenvalue weighted by molar-refractivity contribution is 7.54. The smallest absolute Gasteiger partial charge is 0.338 e. The maximum atomic E-state index is 12.3. The monoisotopic (exact) mass is 294 g/mol. The van der Waals surface area contributed by atoms with Gasteiger partial charge < -0.3 is 4.90 Å². The second-order valence-corrected chi connectivity index (χ2v) is 7.55. The molecule has 3 nitrogen and oxygen atoms in total. The van der Waals surface area contributed by atoms with Gasteiger partial charge in [0.1, 0.15) is 0 Å². The van der Waals surface area contributed by atoms with Crippen LogP contribution in [0.2, 0.25) is 0 Å². The van der Waals surface area contributed by atoms with Gasteiger partial charge in [-0.1, -0.05) is 50.5 Å². The normalized spacial score (nSPS) is 11.8. The van der Waals surface area contributed by atoms with Crippen LogP contribution in [0.15, 0.2) is 30.3 Å². The van der Waals surface area contributed by atoms with Gasteiger partial charge in [-0.3, -0.25) is 4.79 Å². The highest BCUT2D eigenvalue weighted by atomic mass is 31.1. The molecule has 1 rings (SSSR count). The molecule has 110 valence electrons. The van der Waals surface area contributed by atoms with E-state index in [1.54, 1.807) is 0 Å². The van der Waals surface area contributed by atoms with Crippen LogP contribution >= 0.6 is 7.80 Å². The molecule has 4 heteroatoms. The van der Waals surface area contributed by atoms with Crippen LogP contribution in [0.4, 0.5) is 0 Å². The Morgan fingerprint density at radius 1 is 1.05 bits per heavy atom. The zero-order valence-electron chi connectivity index (χ0n) is 12.9. The summed E-state index contributed by atoms with van der Waals surface area (Å²) >= 11 is 0. The summed E-state index contributed by atoms with van der Waals surface area (Å²) < 4.78 is 12.2. The minimum atomic E-state index is -1.64. The first-order chi connectivity index (χ1) is 9.40. The molecule has 1 aromatic rings. The number of hydrogen-bond donors (Lipinski definition) is 0. The van der Waals surface area contributed by atoms with E-state index in [1.807, 2.05) is 35.2 Å². The Hall–Kier alpha value is -1.21. The van der Waals surface area contributed by atoms with E-state index >= 15 is 0 Å². The first-order valence-electron chi connectivity index (χ1n) is 7.17. The summed E-state index contributed by atoms with van der Waals surface area (Å²) in [4.78, 5) is 14.2. The van der Waals surface area contributed by atoms with Gasteiger partial charge in [-0.15, -0.1) is 0 Å². The second-order valence-electron chi connectivity index (χ2n) is 5.96. The molecular formula is C16H25NO2P+. The summed E-state index contributed by atoms with van der Waals surface area (Å²) in [6, 6.07) is 9.24. The van der Waals surface area contributed by atoms with Crippen LogP contribution in [-0.2, 0) is 9.36 Å². The molecule has 0 heterocycles. The average Bonchev–Trinajstić information content (AvgIpc) is 2.37. The van der Waals surface area contributed by atoms with Gasteiger partial charge in [-0.25, -0.2) is 0 Å². The SMILES string of the molecule is CC(C)CN(CC(C)C)C(=O)C[P+](=O)c1ccccc1. The summed E-state index contributed by atoms with van der Waals surface area (Å²) in [6.07, 6.45) is 0.110. The van der Waals surface area contributed by atoms with Crippen molar-refractivity contribution in [3.63, 3.8) is 0 Å². The Balaban J connectivity index is 2.68. The Morgan fingerprint density at radius 3 is 2.00 bits per heavy atom. The summed E-state index contributed by atoms with van der Waals surface area (Å²) in [5, 5.41) is 0.755. The summed E-state index contributed by atoms with van der Waals surface area (Å²) in [7, 11) is -1.64. The molecule has 1 amide bonds. The van der Waals surface area contributed by atoms with E-state index in [1.165, 1.54) is 0 Å². The quantitative estimate of drug-likeness (QED) is 0.724. The third kappa shape index (κ3) is 5.83. The summed E-state index contributed by atoms with van der Waals surface area (Å²) in [5.74, 6) is 0.844. The molecule has 0 fully saturated rings. The molecule has 1 unspecified atom stereocenters. The number of hydrogen-bond acceptors (Lipinski definition) is 2. The van der Waals surface area contributed by atoms with Crippen LogP contribution in [0.3, 0.4) is 0 Å². The molecule has 0 saturated carbocycles.